The maximum atomic E-state index is 4.79. The first-order valence-electron chi connectivity index (χ1n) is 12.3. The Morgan fingerprint density at radius 3 is 2.44 bits per heavy atom. The Morgan fingerprint density at radius 1 is 0.969 bits per heavy atom. The minimum absolute atomic E-state index is 0.662. The zero-order chi connectivity index (χ0) is 22.2. The highest BCUT2D eigenvalue weighted by Gasteiger charge is 2.15. The molecule has 170 valence electrons. The Kier molecular flexibility index (Phi) is 8.36. The van der Waals surface area contributed by atoms with Crippen molar-refractivity contribution in [1.82, 2.24) is 10.3 Å². The smallest absolute Gasteiger partial charge is 0.107 e. The Hall–Kier alpha value is -2.17. The van der Waals surface area contributed by atoms with Crippen molar-refractivity contribution in [2.24, 2.45) is 5.92 Å². The molecule has 32 heavy (non-hydrogen) atoms. The van der Waals surface area contributed by atoms with Gasteiger partial charge in [0.25, 0.3) is 0 Å². The summed E-state index contributed by atoms with van der Waals surface area (Å²) < 4.78 is 0. The molecule has 1 fully saturated rings. The zero-order valence-electron chi connectivity index (χ0n) is 19.6. The van der Waals surface area contributed by atoms with Gasteiger partial charge in [0, 0.05) is 29.7 Å². The first-order valence-corrected chi connectivity index (χ1v) is 13.1. The van der Waals surface area contributed by atoms with Gasteiger partial charge in [0.1, 0.15) is 5.01 Å². The van der Waals surface area contributed by atoms with Crippen molar-refractivity contribution in [2.45, 2.75) is 64.8 Å². The van der Waals surface area contributed by atoms with Crippen LogP contribution in [0, 0.1) is 5.92 Å². The van der Waals surface area contributed by atoms with E-state index in [9.17, 15) is 0 Å². The summed E-state index contributed by atoms with van der Waals surface area (Å²) in [5, 5.41) is 10.3. The second-order valence-electron chi connectivity index (χ2n) is 9.48. The van der Waals surface area contributed by atoms with Crippen LogP contribution >= 0.6 is 11.3 Å². The number of benzene rings is 2. The Balaban J connectivity index is 1.23. The standard InChI is InChI=1S/C28H37N3S/c1-21(2)18-29-19-28-31-27(20-32-28)25-12-14-26(15-13-25)30-17-16-22-8-10-24(11-9-22)23-6-4-3-5-7-23/h8-15,20-21,23,29-30H,3-7,16-19H2,1-2H3. The first kappa shape index (κ1) is 23.0. The summed E-state index contributed by atoms with van der Waals surface area (Å²) in [5.41, 5.74) is 6.37. The Bertz CT molecular complexity index is 938. The fourth-order valence-electron chi connectivity index (χ4n) is 4.49. The van der Waals surface area contributed by atoms with Gasteiger partial charge in [0.05, 0.1) is 5.69 Å². The second kappa shape index (κ2) is 11.6. The molecule has 4 rings (SSSR count). The minimum atomic E-state index is 0.662. The largest absolute Gasteiger partial charge is 0.385 e. The quantitative estimate of drug-likeness (QED) is 0.343. The van der Waals surface area contributed by atoms with Crippen molar-refractivity contribution in [2.75, 3.05) is 18.4 Å². The fourth-order valence-corrected chi connectivity index (χ4v) is 5.27. The van der Waals surface area contributed by atoms with E-state index in [1.54, 1.807) is 11.3 Å². The van der Waals surface area contributed by atoms with Gasteiger partial charge in [-0.25, -0.2) is 4.98 Å². The molecule has 0 aliphatic heterocycles. The Morgan fingerprint density at radius 2 is 1.72 bits per heavy atom. The van der Waals surface area contributed by atoms with Gasteiger partial charge in [-0.15, -0.1) is 11.3 Å². The highest BCUT2D eigenvalue weighted by Crippen LogP contribution is 2.32. The van der Waals surface area contributed by atoms with Crippen LogP contribution in [0.4, 0.5) is 5.69 Å². The molecule has 1 aromatic heterocycles. The first-order chi connectivity index (χ1) is 15.7. The van der Waals surface area contributed by atoms with Crippen LogP contribution in [-0.2, 0) is 13.0 Å². The van der Waals surface area contributed by atoms with E-state index in [1.165, 1.54) is 54.5 Å². The molecule has 0 bridgehead atoms. The minimum Gasteiger partial charge on any atom is -0.385 e. The topological polar surface area (TPSA) is 37.0 Å². The average Bonchev–Trinajstić information content (AvgIpc) is 3.29. The van der Waals surface area contributed by atoms with Crippen molar-refractivity contribution < 1.29 is 0 Å². The fraction of sp³-hybridized carbons (Fsp3) is 0.464. The number of thiazole rings is 1. The molecular weight excluding hydrogens is 410 g/mol. The van der Waals surface area contributed by atoms with E-state index in [4.69, 9.17) is 4.98 Å². The van der Waals surface area contributed by atoms with Crippen molar-refractivity contribution in [3.8, 4) is 11.3 Å². The summed E-state index contributed by atoms with van der Waals surface area (Å²) in [6, 6.07) is 18.0. The lowest BCUT2D eigenvalue weighted by Crippen LogP contribution is -2.18. The summed E-state index contributed by atoms with van der Waals surface area (Å²) in [5.74, 6) is 1.45. The summed E-state index contributed by atoms with van der Waals surface area (Å²) in [4.78, 5) is 4.79. The van der Waals surface area contributed by atoms with E-state index in [-0.39, 0.29) is 0 Å². The summed E-state index contributed by atoms with van der Waals surface area (Å²) in [7, 11) is 0. The van der Waals surface area contributed by atoms with Crippen LogP contribution in [0.15, 0.2) is 53.9 Å². The SMILES string of the molecule is CC(C)CNCc1nc(-c2ccc(NCCc3ccc(C4CCCCC4)cc3)cc2)cs1. The van der Waals surface area contributed by atoms with Crippen LogP contribution in [0.2, 0.25) is 0 Å². The molecule has 1 saturated carbocycles. The molecule has 0 saturated heterocycles. The predicted molar refractivity (Wildman–Crippen MR) is 139 cm³/mol. The molecule has 2 aromatic carbocycles. The van der Waals surface area contributed by atoms with Gasteiger partial charge in [-0.05, 0) is 60.9 Å². The van der Waals surface area contributed by atoms with Crippen LogP contribution in [0.5, 0.6) is 0 Å². The Labute approximate surface area is 197 Å². The molecular formula is C28H37N3S. The normalized spacial score (nSPS) is 14.7. The molecule has 0 radical (unpaired) electrons. The third-order valence-corrected chi connectivity index (χ3v) is 7.21. The van der Waals surface area contributed by atoms with Crippen molar-refractivity contribution in [1.29, 1.82) is 0 Å². The molecule has 0 atom stereocenters. The van der Waals surface area contributed by atoms with Crippen LogP contribution < -0.4 is 10.6 Å². The zero-order valence-corrected chi connectivity index (χ0v) is 20.4. The maximum Gasteiger partial charge on any atom is 0.107 e. The number of rotatable bonds is 10. The number of aromatic nitrogens is 1. The van der Waals surface area contributed by atoms with Gasteiger partial charge in [-0.3, -0.25) is 0 Å². The van der Waals surface area contributed by atoms with Gasteiger partial charge in [0.15, 0.2) is 0 Å². The molecule has 0 unspecified atom stereocenters. The highest BCUT2D eigenvalue weighted by molar-refractivity contribution is 7.09. The summed E-state index contributed by atoms with van der Waals surface area (Å²) in [6.07, 6.45) is 8.00. The third kappa shape index (κ3) is 6.66. The highest BCUT2D eigenvalue weighted by atomic mass is 32.1. The van der Waals surface area contributed by atoms with Crippen molar-refractivity contribution in [3.63, 3.8) is 0 Å². The average molecular weight is 448 g/mol. The van der Waals surface area contributed by atoms with Gasteiger partial charge in [-0.2, -0.15) is 0 Å². The van der Waals surface area contributed by atoms with Crippen LogP contribution in [0.1, 0.15) is 68.0 Å². The lowest BCUT2D eigenvalue weighted by atomic mass is 9.84. The summed E-state index contributed by atoms with van der Waals surface area (Å²) >= 11 is 1.73. The molecule has 3 nitrogen and oxygen atoms in total. The van der Waals surface area contributed by atoms with Gasteiger partial charge >= 0.3 is 0 Å². The van der Waals surface area contributed by atoms with E-state index < -0.39 is 0 Å². The molecule has 1 heterocycles. The monoisotopic (exact) mass is 447 g/mol. The lowest BCUT2D eigenvalue weighted by Gasteiger charge is -2.22. The maximum absolute atomic E-state index is 4.79. The third-order valence-electron chi connectivity index (χ3n) is 6.36. The molecule has 3 aromatic rings. The van der Waals surface area contributed by atoms with Gasteiger partial charge in [-0.1, -0.05) is 69.5 Å². The van der Waals surface area contributed by atoms with Gasteiger partial charge in [0.2, 0.25) is 0 Å². The van der Waals surface area contributed by atoms with Crippen molar-refractivity contribution >= 4 is 17.0 Å². The van der Waals surface area contributed by atoms with E-state index in [1.807, 2.05) is 0 Å². The van der Waals surface area contributed by atoms with E-state index in [0.29, 0.717) is 5.92 Å². The summed E-state index contributed by atoms with van der Waals surface area (Å²) in [6.45, 7) is 7.28. The molecule has 0 spiro atoms. The number of anilines is 1. The number of hydrogen-bond acceptors (Lipinski definition) is 4. The predicted octanol–water partition coefficient (Wildman–Crippen LogP) is 7.26. The molecule has 0 amide bonds. The number of hydrogen-bond donors (Lipinski definition) is 2. The molecule has 1 aliphatic rings. The van der Waals surface area contributed by atoms with Crippen molar-refractivity contribution in [3.05, 3.63) is 70.0 Å². The van der Waals surface area contributed by atoms with E-state index in [0.717, 1.165) is 42.7 Å². The lowest BCUT2D eigenvalue weighted by molar-refractivity contribution is 0.443. The number of nitrogens with one attached hydrogen (secondary N) is 2. The van der Waals surface area contributed by atoms with Crippen LogP contribution in [-0.4, -0.2) is 18.1 Å². The second-order valence-corrected chi connectivity index (χ2v) is 10.4. The van der Waals surface area contributed by atoms with Crippen LogP contribution in [0.25, 0.3) is 11.3 Å². The molecule has 4 heteroatoms. The number of nitrogens with zero attached hydrogens (tertiary/aromatic N) is 1. The van der Waals surface area contributed by atoms with Gasteiger partial charge < -0.3 is 10.6 Å². The molecule has 1 aliphatic carbocycles. The van der Waals surface area contributed by atoms with E-state index >= 15 is 0 Å². The van der Waals surface area contributed by atoms with Crippen LogP contribution in [0.3, 0.4) is 0 Å². The van der Waals surface area contributed by atoms with E-state index in [2.05, 4.69) is 78.4 Å². The molecule has 2 N–H and O–H groups in total.